The van der Waals surface area contributed by atoms with Gasteiger partial charge in [-0.25, -0.2) is 13.4 Å². The van der Waals surface area contributed by atoms with Crippen molar-refractivity contribution in [3.63, 3.8) is 0 Å². The molecule has 0 aliphatic carbocycles. The van der Waals surface area contributed by atoms with Crippen molar-refractivity contribution in [1.82, 2.24) is 4.98 Å². The molecular formula is C18H15BrN2O3S2. The van der Waals surface area contributed by atoms with Gasteiger partial charge < -0.3 is 0 Å². The summed E-state index contributed by atoms with van der Waals surface area (Å²) in [6.45, 7) is 1.55. The van der Waals surface area contributed by atoms with Gasteiger partial charge in [-0.1, -0.05) is 47.1 Å². The Hall–Kier alpha value is -2.03. The van der Waals surface area contributed by atoms with E-state index in [4.69, 9.17) is 0 Å². The number of amides is 1. The Morgan fingerprint density at radius 2 is 1.85 bits per heavy atom. The summed E-state index contributed by atoms with van der Waals surface area (Å²) in [6, 6.07) is 13.9. The lowest BCUT2D eigenvalue weighted by atomic mass is 10.2. The van der Waals surface area contributed by atoms with E-state index in [1.54, 1.807) is 19.1 Å². The largest absolute Gasteiger partial charge is 0.298 e. The summed E-state index contributed by atoms with van der Waals surface area (Å²) in [6.07, 6.45) is 0. The minimum absolute atomic E-state index is 0.0321. The molecule has 8 heteroatoms. The molecule has 3 aromatic rings. The zero-order chi connectivity index (χ0) is 18.7. The number of rotatable bonds is 5. The van der Waals surface area contributed by atoms with E-state index in [0.29, 0.717) is 5.13 Å². The molecule has 0 bridgehead atoms. The third-order valence-electron chi connectivity index (χ3n) is 3.71. The van der Waals surface area contributed by atoms with Crippen molar-refractivity contribution in [1.29, 1.82) is 0 Å². The molecule has 0 aliphatic heterocycles. The fourth-order valence-corrected chi connectivity index (χ4v) is 4.40. The average molecular weight is 451 g/mol. The number of halogens is 1. The van der Waals surface area contributed by atoms with Gasteiger partial charge in [-0.3, -0.25) is 10.1 Å². The van der Waals surface area contributed by atoms with Gasteiger partial charge in [-0.2, -0.15) is 0 Å². The second-order valence-corrected chi connectivity index (χ2v) is 9.42. The van der Waals surface area contributed by atoms with E-state index in [2.05, 4.69) is 26.2 Å². The summed E-state index contributed by atoms with van der Waals surface area (Å²) in [5, 5.41) is 4.95. The highest BCUT2D eigenvalue weighted by Gasteiger charge is 2.21. The van der Waals surface area contributed by atoms with Crippen LogP contribution in [0, 0.1) is 0 Å². The van der Waals surface area contributed by atoms with Gasteiger partial charge in [0.1, 0.15) is 0 Å². The van der Waals surface area contributed by atoms with Crippen molar-refractivity contribution in [2.45, 2.75) is 11.8 Å². The lowest BCUT2D eigenvalue weighted by molar-refractivity contribution is 0.102. The van der Waals surface area contributed by atoms with Gasteiger partial charge in [0.2, 0.25) is 0 Å². The highest BCUT2D eigenvalue weighted by molar-refractivity contribution is 9.10. The number of carbonyl (C=O) groups is 1. The van der Waals surface area contributed by atoms with Gasteiger partial charge in [-0.15, -0.1) is 11.3 Å². The zero-order valence-corrected chi connectivity index (χ0v) is 17.0. The van der Waals surface area contributed by atoms with Crippen molar-refractivity contribution in [2.24, 2.45) is 0 Å². The van der Waals surface area contributed by atoms with E-state index in [-0.39, 0.29) is 16.2 Å². The van der Waals surface area contributed by atoms with Crippen LogP contribution in [0.1, 0.15) is 17.3 Å². The first kappa shape index (κ1) is 18.8. The minimum atomic E-state index is -3.49. The first-order valence-corrected chi connectivity index (χ1v) is 11.1. The summed E-state index contributed by atoms with van der Waals surface area (Å²) >= 11 is 4.67. The molecule has 3 rings (SSSR count). The Kier molecular flexibility index (Phi) is 5.55. The maximum atomic E-state index is 12.6. The lowest BCUT2D eigenvalue weighted by Gasteiger charge is -2.08. The molecule has 0 unspecified atom stereocenters. The van der Waals surface area contributed by atoms with Crippen LogP contribution in [0.15, 0.2) is 63.3 Å². The Bertz CT molecular complexity index is 1040. The van der Waals surface area contributed by atoms with Crippen LogP contribution in [-0.2, 0) is 9.84 Å². The molecule has 1 N–H and O–H groups in total. The Morgan fingerprint density at radius 1 is 1.15 bits per heavy atom. The molecule has 1 amide bonds. The topological polar surface area (TPSA) is 76.1 Å². The quantitative estimate of drug-likeness (QED) is 0.614. The maximum Gasteiger partial charge on any atom is 0.258 e. The van der Waals surface area contributed by atoms with E-state index in [0.717, 1.165) is 15.7 Å². The monoisotopic (exact) mass is 450 g/mol. The summed E-state index contributed by atoms with van der Waals surface area (Å²) in [4.78, 5) is 17.0. The molecule has 0 fully saturated rings. The number of nitrogens with one attached hydrogen (secondary N) is 1. The first-order chi connectivity index (χ1) is 12.4. The molecule has 134 valence electrons. The van der Waals surface area contributed by atoms with Crippen LogP contribution in [0.3, 0.4) is 0 Å². The summed E-state index contributed by atoms with van der Waals surface area (Å²) in [5.41, 5.74) is 1.79. The van der Waals surface area contributed by atoms with E-state index in [1.165, 1.54) is 23.5 Å². The van der Waals surface area contributed by atoms with Crippen LogP contribution in [0.25, 0.3) is 11.3 Å². The van der Waals surface area contributed by atoms with E-state index < -0.39 is 15.7 Å². The predicted octanol–water partition coefficient (Wildman–Crippen LogP) is 4.62. The molecule has 0 aliphatic rings. The van der Waals surface area contributed by atoms with E-state index in [1.807, 2.05) is 29.6 Å². The SMILES string of the molecule is CCS(=O)(=O)c1ccccc1C(=O)Nc1nc(-c2ccc(Br)cc2)cs1. The smallest absolute Gasteiger partial charge is 0.258 e. The number of thiazole rings is 1. The molecule has 0 saturated carbocycles. The number of anilines is 1. The number of aromatic nitrogens is 1. The van der Waals surface area contributed by atoms with Gasteiger partial charge in [0.15, 0.2) is 15.0 Å². The van der Waals surface area contributed by atoms with Crippen molar-refractivity contribution >= 4 is 48.1 Å². The zero-order valence-electron chi connectivity index (χ0n) is 13.8. The number of carbonyl (C=O) groups excluding carboxylic acids is 1. The van der Waals surface area contributed by atoms with Gasteiger partial charge in [0.25, 0.3) is 5.91 Å². The molecule has 1 heterocycles. The van der Waals surface area contributed by atoms with Gasteiger partial charge in [-0.05, 0) is 24.3 Å². The fraction of sp³-hybridized carbons (Fsp3) is 0.111. The summed E-state index contributed by atoms with van der Waals surface area (Å²) in [5.74, 6) is -0.559. The number of hydrogen-bond acceptors (Lipinski definition) is 5. The third kappa shape index (κ3) is 4.03. The second kappa shape index (κ2) is 7.69. The van der Waals surface area contributed by atoms with Crippen molar-refractivity contribution in [2.75, 3.05) is 11.1 Å². The van der Waals surface area contributed by atoms with Crippen LogP contribution < -0.4 is 5.32 Å². The molecule has 0 saturated heterocycles. The molecule has 2 aromatic carbocycles. The second-order valence-electron chi connectivity index (χ2n) is 5.40. The van der Waals surface area contributed by atoms with E-state index >= 15 is 0 Å². The molecule has 5 nitrogen and oxygen atoms in total. The highest BCUT2D eigenvalue weighted by atomic mass is 79.9. The summed E-state index contributed by atoms with van der Waals surface area (Å²) in [7, 11) is -3.49. The lowest BCUT2D eigenvalue weighted by Crippen LogP contribution is -2.17. The van der Waals surface area contributed by atoms with Crippen LogP contribution >= 0.6 is 27.3 Å². The predicted molar refractivity (Wildman–Crippen MR) is 107 cm³/mol. The number of nitrogens with zero attached hydrogens (tertiary/aromatic N) is 1. The van der Waals surface area contributed by atoms with Crippen LogP contribution in [-0.4, -0.2) is 25.1 Å². The van der Waals surface area contributed by atoms with Gasteiger partial charge in [0.05, 0.1) is 21.9 Å². The molecule has 0 spiro atoms. The molecule has 1 aromatic heterocycles. The fourth-order valence-electron chi connectivity index (χ4n) is 2.33. The number of sulfone groups is 1. The maximum absolute atomic E-state index is 12.6. The van der Waals surface area contributed by atoms with Crippen molar-refractivity contribution in [3.05, 3.63) is 63.9 Å². The number of benzene rings is 2. The first-order valence-electron chi connectivity index (χ1n) is 7.75. The Morgan fingerprint density at radius 3 is 2.54 bits per heavy atom. The number of hydrogen-bond donors (Lipinski definition) is 1. The third-order valence-corrected chi connectivity index (χ3v) is 6.78. The van der Waals surface area contributed by atoms with Crippen LogP contribution in [0.5, 0.6) is 0 Å². The van der Waals surface area contributed by atoms with E-state index in [9.17, 15) is 13.2 Å². The average Bonchev–Trinajstić information content (AvgIpc) is 3.10. The molecular weight excluding hydrogens is 436 g/mol. The Balaban J connectivity index is 1.85. The molecule has 26 heavy (non-hydrogen) atoms. The Labute approximate surface area is 164 Å². The van der Waals surface area contributed by atoms with Crippen LogP contribution in [0.4, 0.5) is 5.13 Å². The highest BCUT2D eigenvalue weighted by Crippen LogP contribution is 2.27. The normalized spacial score (nSPS) is 11.3. The van der Waals surface area contributed by atoms with Gasteiger partial charge >= 0.3 is 0 Å². The molecule has 0 atom stereocenters. The van der Waals surface area contributed by atoms with Crippen LogP contribution in [0.2, 0.25) is 0 Å². The summed E-state index contributed by atoms with van der Waals surface area (Å²) < 4.78 is 25.4. The molecule has 0 radical (unpaired) electrons. The van der Waals surface area contributed by atoms with Crippen molar-refractivity contribution < 1.29 is 13.2 Å². The van der Waals surface area contributed by atoms with Gasteiger partial charge in [0, 0.05) is 15.4 Å². The van der Waals surface area contributed by atoms with Crippen molar-refractivity contribution in [3.8, 4) is 11.3 Å². The standard InChI is InChI=1S/C18H15BrN2O3S2/c1-2-26(23,24)16-6-4-3-5-14(16)17(22)21-18-20-15(11-25-18)12-7-9-13(19)10-8-12/h3-11H,2H2,1H3,(H,20,21,22). The minimum Gasteiger partial charge on any atom is -0.298 e.